The lowest BCUT2D eigenvalue weighted by atomic mass is 9.80. The van der Waals surface area contributed by atoms with Crippen LogP contribution in [0.25, 0.3) is 0 Å². The normalized spacial score (nSPS) is 29.8. The van der Waals surface area contributed by atoms with Gasteiger partial charge in [-0.3, -0.25) is 0 Å². The Morgan fingerprint density at radius 2 is 1.88 bits per heavy atom. The van der Waals surface area contributed by atoms with E-state index < -0.39 is 0 Å². The van der Waals surface area contributed by atoms with Gasteiger partial charge in [-0.1, -0.05) is 39.5 Å². The molecule has 3 atom stereocenters. The van der Waals surface area contributed by atoms with Crippen LogP contribution in [0, 0.1) is 5.92 Å². The van der Waals surface area contributed by atoms with Crippen LogP contribution in [0.5, 0.6) is 0 Å². The van der Waals surface area contributed by atoms with Crippen LogP contribution in [0.4, 0.5) is 0 Å². The monoisotopic (exact) mass is 240 g/mol. The Morgan fingerprint density at radius 1 is 1.12 bits per heavy atom. The van der Waals surface area contributed by atoms with Crippen molar-refractivity contribution in [1.82, 2.24) is 4.90 Å². The fourth-order valence-corrected chi connectivity index (χ4v) is 3.21. The third kappa shape index (κ3) is 4.97. The molecule has 0 aromatic carbocycles. The summed E-state index contributed by atoms with van der Waals surface area (Å²) in [6.45, 7) is 5.79. The zero-order valence-electron chi connectivity index (χ0n) is 12.1. The molecule has 2 N–H and O–H groups in total. The van der Waals surface area contributed by atoms with E-state index in [1.165, 1.54) is 57.9 Å². The quantitative estimate of drug-likeness (QED) is 0.691. The van der Waals surface area contributed by atoms with Crippen molar-refractivity contribution >= 4 is 0 Å². The molecule has 0 aromatic rings. The average molecular weight is 240 g/mol. The van der Waals surface area contributed by atoms with Crippen molar-refractivity contribution in [3.63, 3.8) is 0 Å². The van der Waals surface area contributed by atoms with E-state index in [0.717, 1.165) is 5.92 Å². The van der Waals surface area contributed by atoms with E-state index in [0.29, 0.717) is 12.1 Å². The Bertz CT molecular complexity index is 193. The lowest BCUT2D eigenvalue weighted by Crippen LogP contribution is -2.50. The SMILES string of the molecule is CCCCCN(C)C1CC(CCC)CCC1N. The Labute approximate surface area is 108 Å². The van der Waals surface area contributed by atoms with Gasteiger partial charge in [0.05, 0.1) is 0 Å². The summed E-state index contributed by atoms with van der Waals surface area (Å²) in [6, 6.07) is 1.05. The molecule has 1 saturated carbocycles. The van der Waals surface area contributed by atoms with Crippen molar-refractivity contribution in [3.05, 3.63) is 0 Å². The summed E-state index contributed by atoms with van der Waals surface area (Å²) in [5.41, 5.74) is 6.30. The molecule has 102 valence electrons. The van der Waals surface area contributed by atoms with Crippen molar-refractivity contribution in [1.29, 1.82) is 0 Å². The minimum Gasteiger partial charge on any atom is -0.326 e. The minimum atomic E-state index is 0.412. The molecule has 1 aliphatic rings. The second-order valence-corrected chi connectivity index (χ2v) is 5.89. The first-order valence-corrected chi connectivity index (χ1v) is 7.64. The van der Waals surface area contributed by atoms with E-state index in [2.05, 4.69) is 25.8 Å². The maximum absolute atomic E-state index is 6.30. The van der Waals surface area contributed by atoms with Crippen molar-refractivity contribution in [2.45, 2.75) is 77.3 Å². The van der Waals surface area contributed by atoms with Gasteiger partial charge in [-0.25, -0.2) is 0 Å². The number of hydrogen-bond donors (Lipinski definition) is 1. The number of nitrogens with two attached hydrogens (primary N) is 1. The highest BCUT2D eigenvalue weighted by Gasteiger charge is 2.29. The van der Waals surface area contributed by atoms with Crippen LogP contribution in [-0.4, -0.2) is 30.6 Å². The molecule has 0 aromatic heterocycles. The molecule has 1 fully saturated rings. The molecule has 1 aliphatic carbocycles. The van der Waals surface area contributed by atoms with Gasteiger partial charge in [0.1, 0.15) is 0 Å². The molecule has 2 nitrogen and oxygen atoms in total. The molecule has 0 bridgehead atoms. The third-order valence-corrected chi connectivity index (χ3v) is 4.35. The van der Waals surface area contributed by atoms with Gasteiger partial charge in [0.15, 0.2) is 0 Å². The van der Waals surface area contributed by atoms with Crippen molar-refractivity contribution in [3.8, 4) is 0 Å². The summed E-state index contributed by atoms with van der Waals surface area (Å²) in [7, 11) is 2.27. The predicted molar refractivity (Wildman–Crippen MR) is 76.2 cm³/mol. The smallest absolute Gasteiger partial charge is 0.0246 e. The zero-order chi connectivity index (χ0) is 12.7. The Kier molecular flexibility index (Phi) is 7.14. The van der Waals surface area contributed by atoms with Gasteiger partial charge in [-0.05, 0) is 45.2 Å². The van der Waals surface area contributed by atoms with E-state index in [1.54, 1.807) is 0 Å². The van der Waals surface area contributed by atoms with E-state index in [4.69, 9.17) is 5.73 Å². The number of unbranched alkanes of at least 4 members (excludes halogenated alkanes) is 2. The molecule has 3 unspecified atom stereocenters. The van der Waals surface area contributed by atoms with E-state index in [1.807, 2.05) is 0 Å². The first kappa shape index (κ1) is 15.0. The van der Waals surface area contributed by atoms with Crippen LogP contribution in [0.1, 0.15) is 65.2 Å². The molecule has 0 saturated heterocycles. The van der Waals surface area contributed by atoms with Crippen molar-refractivity contribution in [2.24, 2.45) is 11.7 Å². The van der Waals surface area contributed by atoms with Gasteiger partial charge < -0.3 is 10.6 Å². The molecule has 0 spiro atoms. The fraction of sp³-hybridized carbons (Fsp3) is 1.00. The largest absolute Gasteiger partial charge is 0.326 e. The average Bonchev–Trinajstić information content (AvgIpc) is 2.32. The molecular weight excluding hydrogens is 208 g/mol. The fourth-order valence-electron chi connectivity index (χ4n) is 3.21. The number of hydrogen-bond acceptors (Lipinski definition) is 2. The molecule has 2 heteroatoms. The highest BCUT2D eigenvalue weighted by atomic mass is 15.1. The first-order valence-electron chi connectivity index (χ1n) is 7.64. The molecular formula is C15H32N2. The molecule has 17 heavy (non-hydrogen) atoms. The topological polar surface area (TPSA) is 29.3 Å². The molecule has 0 radical (unpaired) electrons. The summed E-state index contributed by atoms with van der Waals surface area (Å²) >= 11 is 0. The van der Waals surface area contributed by atoms with Crippen molar-refractivity contribution < 1.29 is 0 Å². The summed E-state index contributed by atoms with van der Waals surface area (Å²) in [5.74, 6) is 0.929. The highest BCUT2D eigenvalue weighted by molar-refractivity contribution is 4.88. The third-order valence-electron chi connectivity index (χ3n) is 4.35. The van der Waals surface area contributed by atoms with Gasteiger partial charge in [-0.15, -0.1) is 0 Å². The van der Waals surface area contributed by atoms with Gasteiger partial charge in [0.2, 0.25) is 0 Å². The van der Waals surface area contributed by atoms with Gasteiger partial charge in [-0.2, -0.15) is 0 Å². The van der Waals surface area contributed by atoms with E-state index in [-0.39, 0.29) is 0 Å². The lowest BCUT2D eigenvalue weighted by molar-refractivity contribution is 0.131. The van der Waals surface area contributed by atoms with Gasteiger partial charge in [0.25, 0.3) is 0 Å². The standard InChI is InChI=1S/C15H32N2/c1-4-6-7-11-17(3)15-12-13(8-5-2)9-10-14(15)16/h13-15H,4-12,16H2,1-3H3. The van der Waals surface area contributed by atoms with Crippen LogP contribution in [0.15, 0.2) is 0 Å². The van der Waals surface area contributed by atoms with Crippen molar-refractivity contribution in [2.75, 3.05) is 13.6 Å². The maximum Gasteiger partial charge on any atom is 0.0246 e. The summed E-state index contributed by atoms with van der Waals surface area (Å²) in [6.07, 6.45) is 10.6. The zero-order valence-corrected chi connectivity index (χ0v) is 12.1. The van der Waals surface area contributed by atoms with E-state index in [9.17, 15) is 0 Å². The number of nitrogens with zero attached hydrogens (tertiary/aromatic N) is 1. The molecule has 0 amide bonds. The summed E-state index contributed by atoms with van der Waals surface area (Å²) < 4.78 is 0. The van der Waals surface area contributed by atoms with Crippen LogP contribution >= 0.6 is 0 Å². The van der Waals surface area contributed by atoms with Gasteiger partial charge in [0, 0.05) is 12.1 Å². The molecule has 0 heterocycles. The number of likely N-dealkylation sites (N-methyl/N-ethyl adjacent to an activating group) is 1. The highest BCUT2D eigenvalue weighted by Crippen LogP contribution is 2.29. The maximum atomic E-state index is 6.30. The Balaban J connectivity index is 2.36. The lowest BCUT2D eigenvalue weighted by Gasteiger charge is -2.39. The molecule has 0 aliphatic heterocycles. The Hall–Kier alpha value is -0.0800. The van der Waals surface area contributed by atoms with Crippen LogP contribution in [-0.2, 0) is 0 Å². The Morgan fingerprint density at radius 3 is 2.53 bits per heavy atom. The predicted octanol–water partition coefficient (Wildman–Crippen LogP) is 3.40. The van der Waals surface area contributed by atoms with Crippen LogP contribution in [0.3, 0.4) is 0 Å². The summed E-state index contributed by atoms with van der Waals surface area (Å²) in [4.78, 5) is 2.53. The minimum absolute atomic E-state index is 0.412. The second-order valence-electron chi connectivity index (χ2n) is 5.89. The second kappa shape index (κ2) is 8.10. The van der Waals surface area contributed by atoms with Crippen LogP contribution < -0.4 is 5.73 Å². The molecule has 1 rings (SSSR count). The first-order chi connectivity index (χ1) is 8.19. The summed E-state index contributed by atoms with van der Waals surface area (Å²) in [5, 5.41) is 0. The van der Waals surface area contributed by atoms with Gasteiger partial charge >= 0.3 is 0 Å². The number of rotatable bonds is 7. The van der Waals surface area contributed by atoms with E-state index >= 15 is 0 Å². The van der Waals surface area contributed by atoms with Crippen LogP contribution in [0.2, 0.25) is 0 Å².